The zero-order valence-electron chi connectivity index (χ0n) is 26.9. The lowest BCUT2D eigenvalue weighted by Crippen LogP contribution is -2.29. The Balaban J connectivity index is 0.000000157. The quantitative estimate of drug-likeness (QED) is 0.186. The van der Waals surface area contributed by atoms with Crippen LogP contribution in [0.25, 0.3) is 21.7 Å². The van der Waals surface area contributed by atoms with Gasteiger partial charge in [0.2, 0.25) is 0 Å². The van der Waals surface area contributed by atoms with Crippen molar-refractivity contribution in [1.29, 1.82) is 0 Å². The van der Waals surface area contributed by atoms with E-state index in [1.807, 2.05) is 24.4 Å². The molecule has 0 saturated carbocycles. The fraction of sp³-hybridized carbons (Fsp3) is 0.205. The van der Waals surface area contributed by atoms with Gasteiger partial charge in [-0.2, -0.15) is 0 Å². The van der Waals surface area contributed by atoms with E-state index in [0.29, 0.717) is 0 Å². The van der Waals surface area contributed by atoms with Gasteiger partial charge in [0.15, 0.2) is 10.3 Å². The van der Waals surface area contributed by atoms with Crippen LogP contribution < -0.4 is 10.6 Å². The fourth-order valence-electron chi connectivity index (χ4n) is 5.74. The maximum Gasteiger partial charge on any atom is 0.187 e. The van der Waals surface area contributed by atoms with Crippen molar-refractivity contribution in [3.05, 3.63) is 137 Å². The van der Waals surface area contributed by atoms with Gasteiger partial charge in [0, 0.05) is 63.7 Å². The second-order valence-corrected chi connectivity index (χ2v) is 14.7. The zero-order valence-corrected chi connectivity index (χ0v) is 28.5. The van der Waals surface area contributed by atoms with E-state index in [4.69, 9.17) is 4.98 Å². The van der Waals surface area contributed by atoms with Crippen molar-refractivity contribution in [3.8, 4) is 0 Å². The van der Waals surface area contributed by atoms with Gasteiger partial charge in [0.05, 0.1) is 16.9 Å². The van der Waals surface area contributed by atoms with E-state index in [9.17, 15) is 0 Å². The van der Waals surface area contributed by atoms with Crippen LogP contribution in [0.15, 0.2) is 115 Å². The van der Waals surface area contributed by atoms with E-state index in [-0.39, 0.29) is 5.41 Å². The minimum Gasteiger partial charge on any atom is -0.331 e. The molecule has 4 heterocycles. The Morgan fingerprint density at radius 3 is 2.30 bits per heavy atom. The number of rotatable bonds is 6. The number of thiazole rings is 2. The lowest BCUT2D eigenvalue weighted by Gasteiger charge is -2.25. The maximum atomic E-state index is 4.91. The maximum absolute atomic E-state index is 4.91. The second-order valence-electron chi connectivity index (χ2n) is 12.8. The van der Waals surface area contributed by atoms with Gasteiger partial charge in [-0.25, -0.2) is 9.97 Å². The Kier molecular flexibility index (Phi) is 8.98. The molecule has 0 aliphatic carbocycles. The minimum atomic E-state index is 0.0801. The van der Waals surface area contributed by atoms with Crippen molar-refractivity contribution in [3.63, 3.8) is 0 Å². The average Bonchev–Trinajstić information content (AvgIpc) is 3.73. The van der Waals surface area contributed by atoms with Crippen molar-refractivity contribution in [2.24, 2.45) is 0 Å². The number of nitrogens with one attached hydrogen (secondary N) is 2. The van der Waals surface area contributed by atoms with Crippen LogP contribution in [0, 0.1) is 0 Å². The summed E-state index contributed by atoms with van der Waals surface area (Å²) in [6, 6.07) is 35.6. The summed E-state index contributed by atoms with van der Waals surface area (Å²) in [6.45, 7) is 9.54. The molecule has 6 nitrogen and oxygen atoms in total. The molecule has 0 atom stereocenters. The van der Waals surface area contributed by atoms with E-state index in [2.05, 4.69) is 137 Å². The molecule has 0 spiro atoms. The van der Waals surface area contributed by atoms with E-state index in [0.717, 1.165) is 64.3 Å². The Bertz CT molecular complexity index is 2100. The highest BCUT2D eigenvalue weighted by atomic mass is 32.1. The van der Waals surface area contributed by atoms with Gasteiger partial charge in [-0.3, -0.25) is 9.88 Å². The molecule has 47 heavy (non-hydrogen) atoms. The molecule has 0 saturated heterocycles. The predicted molar refractivity (Wildman–Crippen MR) is 199 cm³/mol. The first kappa shape index (κ1) is 31.0. The van der Waals surface area contributed by atoms with Crippen molar-refractivity contribution >= 4 is 66.0 Å². The number of pyridine rings is 1. The SMILES string of the molecule is CC(C)(C)c1csc(Nc2cccc3ncccc23)n1.c1ccc(CN2CCc3sc(Nc4cccc5ccccc45)nc3C2)cc1. The lowest BCUT2D eigenvalue weighted by molar-refractivity contribution is 0.244. The third kappa shape index (κ3) is 7.36. The van der Waals surface area contributed by atoms with Crippen LogP contribution in [0.4, 0.5) is 21.6 Å². The Morgan fingerprint density at radius 1 is 0.745 bits per heavy atom. The number of hydrogen-bond donors (Lipinski definition) is 2. The van der Waals surface area contributed by atoms with E-state index in [1.165, 1.54) is 26.9 Å². The smallest absolute Gasteiger partial charge is 0.187 e. The van der Waals surface area contributed by atoms with Gasteiger partial charge in [0.1, 0.15) is 0 Å². The van der Waals surface area contributed by atoms with Crippen LogP contribution in [0.2, 0.25) is 0 Å². The summed E-state index contributed by atoms with van der Waals surface area (Å²) in [5.41, 5.74) is 6.95. The molecule has 0 bridgehead atoms. The first-order valence-corrected chi connectivity index (χ1v) is 17.6. The number of anilines is 4. The van der Waals surface area contributed by atoms with Gasteiger partial charge in [-0.15, -0.1) is 22.7 Å². The highest BCUT2D eigenvalue weighted by Crippen LogP contribution is 2.33. The molecular formula is C39H38N6S2. The Morgan fingerprint density at radius 2 is 1.47 bits per heavy atom. The standard InChI is InChI=1S/C23H21N3S.C16H17N3S/c1-2-7-17(8-3-1)15-26-14-13-22-21(16-26)25-23(27-22)24-20-12-6-10-18-9-4-5-11-19(18)20;1-16(2,3)14-10-20-15(19-14)18-13-8-4-7-12-11(13)6-5-9-17-12/h1-12H,13-16H2,(H,24,25);4-10H,1-3H3,(H,18,19). The number of aromatic nitrogens is 3. The Labute approximate surface area is 284 Å². The predicted octanol–water partition coefficient (Wildman–Crippen LogP) is 10.3. The first-order valence-electron chi connectivity index (χ1n) is 16.0. The third-order valence-corrected chi connectivity index (χ3v) is 10.1. The summed E-state index contributed by atoms with van der Waals surface area (Å²) in [6.07, 6.45) is 2.89. The average molecular weight is 655 g/mol. The van der Waals surface area contributed by atoms with Gasteiger partial charge in [-0.05, 0) is 47.7 Å². The van der Waals surface area contributed by atoms with Crippen LogP contribution >= 0.6 is 22.7 Å². The first-order chi connectivity index (χ1) is 22.9. The minimum absolute atomic E-state index is 0.0801. The van der Waals surface area contributed by atoms with Gasteiger partial charge in [0.25, 0.3) is 0 Å². The van der Waals surface area contributed by atoms with E-state index >= 15 is 0 Å². The van der Waals surface area contributed by atoms with Crippen LogP contribution in [0.5, 0.6) is 0 Å². The molecule has 2 N–H and O–H groups in total. The molecule has 0 amide bonds. The summed E-state index contributed by atoms with van der Waals surface area (Å²) in [5.74, 6) is 0. The van der Waals surface area contributed by atoms with Crippen molar-refractivity contribution in [2.75, 3.05) is 17.2 Å². The van der Waals surface area contributed by atoms with Crippen molar-refractivity contribution in [2.45, 2.75) is 45.7 Å². The molecule has 4 aromatic carbocycles. The fourth-order valence-corrected chi connectivity index (χ4v) is 7.66. The van der Waals surface area contributed by atoms with E-state index < -0.39 is 0 Å². The number of nitrogens with zero attached hydrogens (tertiary/aromatic N) is 4. The Hall–Kier alpha value is -4.63. The van der Waals surface area contributed by atoms with Crippen LogP contribution in [-0.2, 0) is 24.9 Å². The molecule has 3 aromatic heterocycles. The molecule has 0 unspecified atom stereocenters. The molecule has 1 aliphatic rings. The van der Waals surface area contributed by atoms with Crippen molar-refractivity contribution < 1.29 is 0 Å². The summed E-state index contributed by atoms with van der Waals surface area (Å²) in [5, 5.41) is 14.6. The topological polar surface area (TPSA) is 66.0 Å². The van der Waals surface area contributed by atoms with Crippen LogP contribution in [0.1, 0.15) is 42.6 Å². The molecule has 8 heteroatoms. The summed E-state index contributed by atoms with van der Waals surface area (Å²) in [4.78, 5) is 17.9. The second kappa shape index (κ2) is 13.6. The molecule has 7 aromatic rings. The molecule has 0 fully saturated rings. The number of hydrogen-bond acceptors (Lipinski definition) is 8. The van der Waals surface area contributed by atoms with Gasteiger partial charge < -0.3 is 10.6 Å². The summed E-state index contributed by atoms with van der Waals surface area (Å²) >= 11 is 3.44. The molecule has 1 aliphatic heterocycles. The van der Waals surface area contributed by atoms with Crippen LogP contribution in [0.3, 0.4) is 0 Å². The van der Waals surface area contributed by atoms with E-state index in [1.54, 1.807) is 22.7 Å². The molecular weight excluding hydrogens is 617 g/mol. The molecule has 236 valence electrons. The third-order valence-electron chi connectivity index (χ3n) is 8.25. The number of fused-ring (bicyclic) bond motifs is 3. The zero-order chi connectivity index (χ0) is 32.2. The summed E-state index contributed by atoms with van der Waals surface area (Å²) in [7, 11) is 0. The monoisotopic (exact) mass is 654 g/mol. The normalized spacial score (nSPS) is 13.2. The number of benzene rings is 4. The largest absolute Gasteiger partial charge is 0.331 e. The van der Waals surface area contributed by atoms with Crippen molar-refractivity contribution in [1.82, 2.24) is 19.9 Å². The van der Waals surface area contributed by atoms with Crippen LogP contribution in [-0.4, -0.2) is 26.4 Å². The van der Waals surface area contributed by atoms with Gasteiger partial charge in [-0.1, -0.05) is 93.6 Å². The molecule has 0 radical (unpaired) electrons. The highest BCUT2D eigenvalue weighted by molar-refractivity contribution is 7.15. The molecule has 8 rings (SSSR count). The highest BCUT2D eigenvalue weighted by Gasteiger charge is 2.21. The lowest BCUT2D eigenvalue weighted by atomic mass is 9.93. The summed E-state index contributed by atoms with van der Waals surface area (Å²) < 4.78 is 0. The van der Waals surface area contributed by atoms with Gasteiger partial charge >= 0.3 is 0 Å².